The van der Waals surface area contributed by atoms with Crippen LogP contribution in [-0.4, -0.2) is 30.2 Å². The van der Waals surface area contributed by atoms with Crippen molar-refractivity contribution in [3.05, 3.63) is 29.8 Å². The number of anilines is 1. The summed E-state index contributed by atoms with van der Waals surface area (Å²) >= 11 is 0. The number of ether oxygens (including phenoxy) is 1. The fourth-order valence-corrected chi connectivity index (χ4v) is 1.42. The zero-order valence-electron chi connectivity index (χ0n) is 11.0. The molecule has 1 aromatic carbocycles. The van der Waals surface area contributed by atoms with Gasteiger partial charge in [0.2, 0.25) is 5.91 Å². The Hall–Kier alpha value is -1.92. The summed E-state index contributed by atoms with van der Waals surface area (Å²) in [7, 11) is 0. The third kappa shape index (κ3) is 5.50. The molecule has 0 aliphatic heterocycles. The van der Waals surface area contributed by atoms with Crippen molar-refractivity contribution in [3.8, 4) is 0 Å². The van der Waals surface area contributed by atoms with Crippen molar-refractivity contribution in [1.29, 1.82) is 0 Å². The third-order valence-electron chi connectivity index (χ3n) is 2.45. The van der Waals surface area contributed by atoms with Crippen LogP contribution >= 0.6 is 0 Å². The molecule has 0 saturated heterocycles. The second-order valence-corrected chi connectivity index (χ2v) is 4.35. The van der Waals surface area contributed by atoms with Gasteiger partial charge in [-0.2, -0.15) is 0 Å². The highest BCUT2D eigenvalue weighted by atomic mass is 16.5. The topological polar surface area (TPSA) is 87.7 Å². The van der Waals surface area contributed by atoms with Gasteiger partial charge in [-0.3, -0.25) is 14.8 Å². The van der Waals surface area contributed by atoms with Crippen LogP contribution in [0.4, 0.5) is 5.69 Å². The Balaban J connectivity index is 2.38. The Morgan fingerprint density at radius 3 is 2.26 bits per heavy atom. The second-order valence-electron chi connectivity index (χ2n) is 4.35. The first-order chi connectivity index (χ1) is 9.02. The molecule has 0 aliphatic rings. The summed E-state index contributed by atoms with van der Waals surface area (Å²) < 4.78 is 4.80. The van der Waals surface area contributed by atoms with Gasteiger partial charge in [-0.15, -0.1) is 0 Å². The Bertz CT molecular complexity index is 429. The molecule has 0 unspecified atom stereocenters. The van der Waals surface area contributed by atoms with Crippen LogP contribution in [0.3, 0.4) is 0 Å². The van der Waals surface area contributed by atoms with Gasteiger partial charge in [0.25, 0.3) is 5.91 Å². The van der Waals surface area contributed by atoms with Crippen molar-refractivity contribution in [3.63, 3.8) is 0 Å². The summed E-state index contributed by atoms with van der Waals surface area (Å²) in [6.45, 7) is 3.57. The molecule has 0 aromatic heterocycles. The number of hydrogen-bond donors (Lipinski definition) is 3. The van der Waals surface area contributed by atoms with E-state index in [0.717, 1.165) is 0 Å². The molecule has 0 spiro atoms. The highest BCUT2D eigenvalue weighted by Crippen LogP contribution is 2.16. The van der Waals surface area contributed by atoms with Crippen molar-refractivity contribution in [2.75, 3.05) is 18.5 Å². The van der Waals surface area contributed by atoms with Gasteiger partial charge < -0.3 is 10.1 Å². The van der Waals surface area contributed by atoms with Crippen LogP contribution in [0.2, 0.25) is 0 Å². The third-order valence-corrected chi connectivity index (χ3v) is 2.45. The lowest BCUT2D eigenvalue weighted by molar-refractivity contribution is -0.135. The number of rotatable bonds is 6. The highest BCUT2D eigenvalue weighted by Gasteiger charge is 2.05. The average Bonchev–Trinajstić information content (AvgIpc) is 2.39. The van der Waals surface area contributed by atoms with E-state index < -0.39 is 5.91 Å². The van der Waals surface area contributed by atoms with Crippen LogP contribution in [0.1, 0.15) is 25.3 Å². The molecule has 6 heteroatoms. The van der Waals surface area contributed by atoms with E-state index in [2.05, 4.69) is 19.2 Å². The summed E-state index contributed by atoms with van der Waals surface area (Å²) in [5.74, 6) is -0.623. The summed E-state index contributed by atoms with van der Waals surface area (Å²) in [5, 5.41) is 10.9. The van der Waals surface area contributed by atoms with Crippen LogP contribution in [0.25, 0.3) is 0 Å². The molecular weight excluding hydrogens is 248 g/mol. The zero-order chi connectivity index (χ0) is 14.3. The summed E-state index contributed by atoms with van der Waals surface area (Å²) in [6, 6.07) is 7.52. The summed E-state index contributed by atoms with van der Waals surface area (Å²) in [6.07, 6.45) is 0. The van der Waals surface area contributed by atoms with Crippen LogP contribution in [-0.2, 0) is 14.3 Å². The van der Waals surface area contributed by atoms with Gasteiger partial charge >= 0.3 is 0 Å². The van der Waals surface area contributed by atoms with E-state index in [-0.39, 0.29) is 19.1 Å². The minimum Gasteiger partial charge on any atom is -0.362 e. The predicted octanol–water partition coefficient (Wildman–Crippen LogP) is 1.27. The molecule has 19 heavy (non-hydrogen) atoms. The Morgan fingerprint density at radius 1 is 1.16 bits per heavy atom. The molecule has 0 fully saturated rings. The largest absolute Gasteiger partial charge is 0.362 e. The molecule has 1 aromatic rings. The molecule has 104 valence electrons. The van der Waals surface area contributed by atoms with Crippen molar-refractivity contribution in [1.82, 2.24) is 5.48 Å². The number of amides is 2. The number of hydroxylamine groups is 1. The maximum Gasteiger partial charge on any atom is 0.269 e. The van der Waals surface area contributed by atoms with Gasteiger partial charge in [0.15, 0.2) is 0 Å². The first-order valence-electron chi connectivity index (χ1n) is 5.93. The van der Waals surface area contributed by atoms with Crippen LogP contribution < -0.4 is 10.8 Å². The standard InChI is InChI=1S/C13H18N2O4/c1-9(2)10-3-5-11(6-4-10)14-12(16)7-19-8-13(17)15-18/h3-6,9,18H,7-8H2,1-2H3,(H,14,16)(H,15,17). The van der Waals surface area contributed by atoms with Crippen LogP contribution in [0.15, 0.2) is 24.3 Å². The van der Waals surface area contributed by atoms with E-state index in [0.29, 0.717) is 11.6 Å². The molecule has 0 bridgehead atoms. The minimum atomic E-state index is -0.700. The first-order valence-corrected chi connectivity index (χ1v) is 5.93. The normalized spacial score (nSPS) is 10.3. The summed E-state index contributed by atoms with van der Waals surface area (Å²) in [4.78, 5) is 22.1. The molecule has 1 rings (SSSR count). The van der Waals surface area contributed by atoms with Gasteiger partial charge in [-0.1, -0.05) is 26.0 Å². The molecule has 0 saturated carbocycles. The first kappa shape index (κ1) is 15.1. The maximum atomic E-state index is 11.5. The van der Waals surface area contributed by atoms with Crippen molar-refractivity contribution < 1.29 is 19.5 Å². The van der Waals surface area contributed by atoms with E-state index in [1.165, 1.54) is 11.0 Å². The van der Waals surface area contributed by atoms with E-state index in [9.17, 15) is 9.59 Å². The smallest absolute Gasteiger partial charge is 0.269 e. The van der Waals surface area contributed by atoms with E-state index >= 15 is 0 Å². The number of carbonyl (C=O) groups is 2. The highest BCUT2D eigenvalue weighted by molar-refractivity contribution is 5.91. The van der Waals surface area contributed by atoms with Crippen molar-refractivity contribution in [2.24, 2.45) is 0 Å². The molecule has 2 amide bonds. The Morgan fingerprint density at radius 2 is 1.74 bits per heavy atom. The predicted molar refractivity (Wildman–Crippen MR) is 69.9 cm³/mol. The lowest BCUT2D eigenvalue weighted by Crippen LogP contribution is -2.27. The van der Waals surface area contributed by atoms with Crippen LogP contribution in [0.5, 0.6) is 0 Å². The molecular formula is C13H18N2O4. The zero-order valence-corrected chi connectivity index (χ0v) is 11.0. The monoisotopic (exact) mass is 266 g/mol. The maximum absolute atomic E-state index is 11.5. The van der Waals surface area contributed by atoms with E-state index in [1.54, 1.807) is 0 Å². The number of benzene rings is 1. The number of carbonyl (C=O) groups excluding carboxylic acids is 2. The average molecular weight is 266 g/mol. The van der Waals surface area contributed by atoms with Gasteiger partial charge in [0, 0.05) is 5.69 Å². The SMILES string of the molecule is CC(C)c1ccc(NC(=O)COCC(=O)NO)cc1. The molecule has 3 N–H and O–H groups in total. The molecule has 0 radical (unpaired) electrons. The summed E-state index contributed by atoms with van der Waals surface area (Å²) in [5.41, 5.74) is 3.27. The Labute approximate surface area is 111 Å². The van der Waals surface area contributed by atoms with Crippen molar-refractivity contribution in [2.45, 2.75) is 19.8 Å². The van der Waals surface area contributed by atoms with E-state index in [1.807, 2.05) is 24.3 Å². The number of nitrogens with one attached hydrogen (secondary N) is 2. The lowest BCUT2D eigenvalue weighted by Gasteiger charge is -2.08. The van der Waals surface area contributed by atoms with Gasteiger partial charge in [0.1, 0.15) is 13.2 Å². The fraction of sp³-hybridized carbons (Fsp3) is 0.385. The van der Waals surface area contributed by atoms with E-state index in [4.69, 9.17) is 9.94 Å². The molecule has 0 aliphatic carbocycles. The second kappa shape index (κ2) is 7.50. The van der Waals surface area contributed by atoms with Gasteiger partial charge in [-0.05, 0) is 23.6 Å². The lowest BCUT2D eigenvalue weighted by atomic mass is 10.0. The van der Waals surface area contributed by atoms with Gasteiger partial charge in [-0.25, -0.2) is 5.48 Å². The fourth-order valence-electron chi connectivity index (χ4n) is 1.42. The number of hydrogen-bond acceptors (Lipinski definition) is 4. The molecule has 0 atom stereocenters. The van der Waals surface area contributed by atoms with Crippen molar-refractivity contribution >= 4 is 17.5 Å². The van der Waals surface area contributed by atoms with Crippen LogP contribution in [0, 0.1) is 0 Å². The Kier molecular flexibility index (Phi) is 5.98. The molecule has 6 nitrogen and oxygen atoms in total. The quantitative estimate of drug-likeness (QED) is 0.534. The van der Waals surface area contributed by atoms with Gasteiger partial charge in [0.05, 0.1) is 0 Å². The molecule has 0 heterocycles. The minimum absolute atomic E-state index is 0.251.